The van der Waals surface area contributed by atoms with Gasteiger partial charge in [-0.1, -0.05) is 0 Å². The Hall–Kier alpha value is -1.22. The van der Waals surface area contributed by atoms with Crippen molar-refractivity contribution in [3.8, 4) is 0 Å². The minimum Gasteiger partial charge on any atom is -0.399 e. The van der Waals surface area contributed by atoms with E-state index in [0.717, 1.165) is 12.1 Å². The first-order valence-electron chi connectivity index (χ1n) is 5.94. The number of sulfonamides is 1. The Labute approximate surface area is 117 Å². The zero-order valence-corrected chi connectivity index (χ0v) is 12.2. The number of halogens is 1. The molecule has 0 fully saturated rings. The smallest absolute Gasteiger partial charge is 0.243 e. The Morgan fingerprint density at radius 3 is 2.70 bits per heavy atom. The average molecular weight is 306 g/mol. The maximum atomic E-state index is 13.6. The molecule has 8 heteroatoms. The van der Waals surface area contributed by atoms with Crippen molar-refractivity contribution in [2.45, 2.75) is 23.8 Å². The van der Waals surface area contributed by atoms with Gasteiger partial charge in [-0.05, 0) is 25.1 Å². The van der Waals surface area contributed by atoms with Crippen LogP contribution in [0.2, 0.25) is 0 Å². The van der Waals surface area contributed by atoms with Gasteiger partial charge in [0.25, 0.3) is 0 Å². The van der Waals surface area contributed by atoms with E-state index in [-0.39, 0.29) is 25.3 Å². The van der Waals surface area contributed by atoms with Gasteiger partial charge in [-0.25, -0.2) is 17.5 Å². The molecule has 4 N–H and O–H groups in total. The summed E-state index contributed by atoms with van der Waals surface area (Å²) in [4.78, 5) is -0.505. The molecular weight excluding hydrogens is 287 g/mol. The van der Waals surface area contributed by atoms with E-state index in [1.165, 1.54) is 20.1 Å². The van der Waals surface area contributed by atoms with Crippen LogP contribution in [0.5, 0.6) is 0 Å². The maximum absolute atomic E-state index is 13.6. The fourth-order valence-electron chi connectivity index (χ4n) is 1.47. The third-order valence-corrected chi connectivity index (χ3v) is 4.17. The average Bonchev–Trinajstić information content (AvgIpc) is 2.34. The Morgan fingerprint density at radius 1 is 1.50 bits per heavy atom. The lowest BCUT2D eigenvalue weighted by Gasteiger charge is -2.23. The molecule has 0 bridgehead atoms. The molecule has 1 unspecified atom stereocenters. The number of methoxy groups -OCH3 is 1. The number of anilines is 1. The zero-order chi connectivity index (χ0) is 15.4. The largest absolute Gasteiger partial charge is 0.399 e. The topological polar surface area (TPSA) is 102 Å². The summed E-state index contributed by atoms with van der Waals surface area (Å²) in [6.07, 6.45) is 0.246. The van der Waals surface area contributed by atoms with Crippen LogP contribution in [0.3, 0.4) is 0 Å². The fraction of sp³-hybridized carbons (Fsp3) is 0.500. The van der Waals surface area contributed by atoms with Crippen molar-refractivity contribution in [2.24, 2.45) is 0 Å². The molecule has 0 saturated carbocycles. The molecule has 0 spiro atoms. The Morgan fingerprint density at radius 2 is 2.15 bits per heavy atom. The lowest BCUT2D eigenvalue weighted by molar-refractivity contribution is 0.0292. The number of aliphatic hydroxyl groups is 1. The Bertz CT molecular complexity index is 561. The molecular formula is C12H19FN2O4S. The maximum Gasteiger partial charge on any atom is 0.243 e. The van der Waals surface area contributed by atoms with Crippen LogP contribution in [0.4, 0.5) is 10.1 Å². The van der Waals surface area contributed by atoms with Crippen LogP contribution < -0.4 is 10.5 Å². The second-order valence-electron chi connectivity index (χ2n) is 4.75. The summed E-state index contributed by atoms with van der Waals surface area (Å²) in [6, 6.07) is 3.30. The van der Waals surface area contributed by atoms with Crippen LogP contribution in [-0.4, -0.2) is 39.4 Å². The first kappa shape index (κ1) is 16.8. The van der Waals surface area contributed by atoms with Crippen molar-refractivity contribution in [3.63, 3.8) is 0 Å². The molecule has 0 saturated heterocycles. The number of benzene rings is 1. The summed E-state index contributed by atoms with van der Waals surface area (Å²) in [7, 11) is -2.57. The molecule has 0 aliphatic carbocycles. The van der Waals surface area contributed by atoms with Crippen molar-refractivity contribution in [2.75, 3.05) is 26.0 Å². The van der Waals surface area contributed by atoms with E-state index in [0.29, 0.717) is 0 Å². The second kappa shape index (κ2) is 6.49. The SMILES string of the molecule is COCCC(C)(O)CNS(=O)(=O)c1ccc(N)cc1F. The molecule has 6 nitrogen and oxygen atoms in total. The van der Waals surface area contributed by atoms with Gasteiger partial charge in [0.2, 0.25) is 10.0 Å². The normalized spacial score (nSPS) is 15.0. The van der Waals surface area contributed by atoms with E-state index in [9.17, 15) is 17.9 Å². The molecule has 0 aromatic heterocycles. The molecule has 1 rings (SSSR count). The van der Waals surface area contributed by atoms with Gasteiger partial charge >= 0.3 is 0 Å². The van der Waals surface area contributed by atoms with Crippen LogP contribution in [0.15, 0.2) is 23.1 Å². The van der Waals surface area contributed by atoms with Gasteiger partial charge < -0.3 is 15.6 Å². The van der Waals surface area contributed by atoms with E-state index in [1.54, 1.807) is 0 Å². The van der Waals surface area contributed by atoms with Gasteiger partial charge in [0.15, 0.2) is 0 Å². The van der Waals surface area contributed by atoms with Gasteiger partial charge in [-0.3, -0.25) is 0 Å². The summed E-state index contributed by atoms with van der Waals surface area (Å²) < 4.78 is 44.5. The van der Waals surface area contributed by atoms with Crippen LogP contribution in [-0.2, 0) is 14.8 Å². The molecule has 114 valence electrons. The highest BCUT2D eigenvalue weighted by molar-refractivity contribution is 7.89. The molecule has 1 atom stereocenters. The molecule has 0 aliphatic heterocycles. The quantitative estimate of drug-likeness (QED) is 0.636. The van der Waals surface area contributed by atoms with E-state index < -0.39 is 26.3 Å². The Kier molecular flexibility index (Phi) is 5.46. The first-order valence-corrected chi connectivity index (χ1v) is 7.42. The molecule has 0 radical (unpaired) electrons. The van der Waals surface area contributed by atoms with Crippen LogP contribution >= 0.6 is 0 Å². The molecule has 20 heavy (non-hydrogen) atoms. The van der Waals surface area contributed by atoms with E-state index in [1.807, 2.05) is 0 Å². The predicted octanol–water partition coefficient (Wildman–Crippen LogP) is 0.474. The summed E-state index contributed by atoms with van der Waals surface area (Å²) in [6.45, 7) is 1.50. The van der Waals surface area contributed by atoms with Crippen molar-refractivity contribution in [3.05, 3.63) is 24.0 Å². The third-order valence-electron chi connectivity index (χ3n) is 2.73. The highest BCUT2D eigenvalue weighted by Gasteiger charge is 2.25. The lowest BCUT2D eigenvalue weighted by atomic mass is 10.0. The van der Waals surface area contributed by atoms with E-state index in [2.05, 4.69) is 4.72 Å². The van der Waals surface area contributed by atoms with Gasteiger partial charge in [-0.2, -0.15) is 0 Å². The summed E-state index contributed by atoms with van der Waals surface area (Å²) in [5, 5.41) is 9.95. The summed E-state index contributed by atoms with van der Waals surface area (Å²) >= 11 is 0. The van der Waals surface area contributed by atoms with E-state index in [4.69, 9.17) is 10.5 Å². The van der Waals surface area contributed by atoms with Crippen LogP contribution in [0.25, 0.3) is 0 Å². The monoisotopic (exact) mass is 306 g/mol. The van der Waals surface area contributed by atoms with Gasteiger partial charge in [-0.15, -0.1) is 0 Å². The fourth-order valence-corrected chi connectivity index (χ4v) is 2.69. The number of hydrogen-bond donors (Lipinski definition) is 3. The van der Waals surface area contributed by atoms with Gasteiger partial charge in [0.1, 0.15) is 10.7 Å². The minimum absolute atomic E-state index is 0.133. The van der Waals surface area contributed by atoms with Crippen molar-refractivity contribution < 1.29 is 22.7 Å². The number of nitrogens with two attached hydrogens (primary N) is 1. The zero-order valence-electron chi connectivity index (χ0n) is 11.4. The Balaban J connectivity index is 2.80. The van der Waals surface area contributed by atoms with Gasteiger partial charge in [0, 0.05) is 32.4 Å². The molecule has 0 aliphatic rings. The van der Waals surface area contributed by atoms with Crippen LogP contribution in [0.1, 0.15) is 13.3 Å². The third kappa shape index (κ3) is 4.71. The van der Waals surface area contributed by atoms with E-state index >= 15 is 0 Å². The standard InChI is InChI=1S/C12H19FN2O4S/c1-12(16,5-6-19-2)8-15-20(17,18)11-4-3-9(14)7-10(11)13/h3-4,7,15-16H,5-6,8,14H2,1-2H3. The first-order chi connectivity index (χ1) is 9.18. The number of rotatable bonds is 7. The highest BCUT2D eigenvalue weighted by Crippen LogP contribution is 2.18. The molecule has 0 amide bonds. The van der Waals surface area contributed by atoms with Crippen LogP contribution in [0, 0.1) is 5.82 Å². The summed E-state index contributed by atoms with van der Waals surface area (Å²) in [5.41, 5.74) is 4.21. The number of nitrogens with one attached hydrogen (secondary N) is 1. The molecule has 1 aromatic carbocycles. The minimum atomic E-state index is -4.05. The predicted molar refractivity (Wildman–Crippen MR) is 73.1 cm³/mol. The van der Waals surface area contributed by atoms with Crippen molar-refractivity contribution >= 4 is 15.7 Å². The lowest BCUT2D eigenvalue weighted by Crippen LogP contribution is -2.41. The van der Waals surface area contributed by atoms with Gasteiger partial charge in [0.05, 0.1) is 5.60 Å². The highest BCUT2D eigenvalue weighted by atomic mass is 32.2. The number of nitrogen functional groups attached to an aromatic ring is 1. The van der Waals surface area contributed by atoms with Crippen molar-refractivity contribution in [1.82, 2.24) is 4.72 Å². The molecule has 0 heterocycles. The van der Waals surface area contributed by atoms with Crippen molar-refractivity contribution in [1.29, 1.82) is 0 Å². The number of ether oxygens (including phenoxy) is 1. The molecule has 1 aromatic rings. The number of hydrogen-bond acceptors (Lipinski definition) is 5. The second-order valence-corrected chi connectivity index (χ2v) is 6.49. The summed E-state index contributed by atoms with van der Waals surface area (Å²) in [5.74, 6) is -0.936.